The molecule has 0 aromatic heterocycles. The average molecular weight is 474 g/mol. The van der Waals surface area contributed by atoms with Crippen LogP contribution in [-0.2, 0) is 26.0 Å². The summed E-state index contributed by atoms with van der Waals surface area (Å²) in [5.74, 6) is -0.673. The zero-order valence-electron chi connectivity index (χ0n) is 20.1. The number of para-hydroxylation sites is 1. The minimum atomic E-state index is -3.71. The average Bonchev–Trinajstić information content (AvgIpc) is 2.74. The van der Waals surface area contributed by atoms with Gasteiger partial charge in [-0.2, -0.15) is 0 Å². The van der Waals surface area contributed by atoms with Crippen LogP contribution < -0.4 is 9.62 Å². The molecule has 2 amide bonds. The maximum Gasteiger partial charge on any atom is 0.244 e. The maximum absolute atomic E-state index is 13.5. The molecule has 1 unspecified atom stereocenters. The molecule has 8 heteroatoms. The zero-order valence-corrected chi connectivity index (χ0v) is 20.9. The Kier molecular flexibility index (Phi) is 9.05. The number of hydrogen-bond donors (Lipinski definition) is 1. The Hall–Kier alpha value is -2.87. The lowest BCUT2D eigenvalue weighted by Crippen LogP contribution is -2.56. The summed E-state index contributed by atoms with van der Waals surface area (Å²) in [5, 5.41) is 2.95. The van der Waals surface area contributed by atoms with Gasteiger partial charge in [-0.1, -0.05) is 55.5 Å². The van der Waals surface area contributed by atoms with Gasteiger partial charge in [0, 0.05) is 12.1 Å². The highest BCUT2D eigenvalue weighted by atomic mass is 32.2. The van der Waals surface area contributed by atoms with E-state index in [9.17, 15) is 18.0 Å². The van der Waals surface area contributed by atoms with Gasteiger partial charge in [-0.05, 0) is 51.3 Å². The van der Waals surface area contributed by atoms with Gasteiger partial charge in [0.25, 0.3) is 0 Å². The van der Waals surface area contributed by atoms with E-state index in [0.29, 0.717) is 25.1 Å². The molecule has 2 aromatic rings. The molecule has 180 valence electrons. The smallest absolute Gasteiger partial charge is 0.244 e. The standard InChI is InChI=1S/C25H35N3O4S/c1-6-22(24(30)26-25(2,3)4)27(18-17-20-13-9-7-10-14-20)23(29)19-28(33(5,31)32)21-15-11-8-12-16-21/h7-16,22H,6,17-19H2,1-5H3,(H,26,30). The molecule has 0 saturated carbocycles. The number of nitrogens with zero attached hydrogens (tertiary/aromatic N) is 2. The van der Waals surface area contributed by atoms with Gasteiger partial charge in [0.1, 0.15) is 12.6 Å². The van der Waals surface area contributed by atoms with E-state index in [1.165, 1.54) is 4.90 Å². The fourth-order valence-electron chi connectivity index (χ4n) is 3.56. The number of carbonyl (C=O) groups is 2. The lowest BCUT2D eigenvalue weighted by molar-refractivity contribution is -0.140. The Balaban J connectivity index is 2.35. The van der Waals surface area contributed by atoms with E-state index in [1.807, 2.05) is 58.0 Å². The van der Waals surface area contributed by atoms with Crippen LogP contribution in [0.2, 0.25) is 0 Å². The van der Waals surface area contributed by atoms with E-state index >= 15 is 0 Å². The fourth-order valence-corrected chi connectivity index (χ4v) is 4.41. The van der Waals surface area contributed by atoms with Gasteiger partial charge >= 0.3 is 0 Å². The summed E-state index contributed by atoms with van der Waals surface area (Å²) in [6, 6.07) is 17.5. The van der Waals surface area contributed by atoms with Crippen molar-refractivity contribution in [1.82, 2.24) is 10.2 Å². The van der Waals surface area contributed by atoms with Crippen LogP contribution in [0.25, 0.3) is 0 Å². The topological polar surface area (TPSA) is 86.8 Å². The number of benzene rings is 2. The summed E-state index contributed by atoms with van der Waals surface area (Å²) in [6.07, 6.45) is 2.04. The molecular weight excluding hydrogens is 438 g/mol. The van der Waals surface area contributed by atoms with Crippen LogP contribution in [0.3, 0.4) is 0 Å². The van der Waals surface area contributed by atoms with Crippen LogP contribution in [0.5, 0.6) is 0 Å². The summed E-state index contributed by atoms with van der Waals surface area (Å²) in [7, 11) is -3.71. The van der Waals surface area contributed by atoms with Crippen molar-refractivity contribution < 1.29 is 18.0 Å². The second-order valence-electron chi connectivity index (χ2n) is 9.09. The van der Waals surface area contributed by atoms with Crippen LogP contribution in [0.1, 0.15) is 39.7 Å². The highest BCUT2D eigenvalue weighted by molar-refractivity contribution is 7.92. The number of anilines is 1. The minimum absolute atomic E-state index is 0.253. The van der Waals surface area contributed by atoms with Crippen molar-refractivity contribution in [2.45, 2.75) is 52.1 Å². The van der Waals surface area contributed by atoms with Gasteiger partial charge in [-0.25, -0.2) is 8.42 Å². The first-order chi connectivity index (χ1) is 15.4. The largest absolute Gasteiger partial charge is 0.350 e. The Bertz CT molecular complexity index is 1020. The minimum Gasteiger partial charge on any atom is -0.350 e. The first-order valence-corrected chi connectivity index (χ1v) is 13.0. The van der Waals surface area contributed by atoms with E-state index in [2.05, 4.69) is 5.32 Å². The second-order valence-corrected chi connectivity index (χ2v) is 11.0. The summed E-state index contributed by atoms with van der Waals surface area (Å²) in [4.78, 5) is 28.1. The first-order valence-electron chi connectivity index (χ1n) is 11.1. The van der Waals surface area contributed by atoms with Crippen molar-refractivity contribution in [2.75, 3.05) is 23.7 Å². The summed E-state index contributed by atoms with van der Waals surface area (Å²) in [6.45, 7) is 7.42. The van der Waals surface area contributed by atoms with E-state index in [1.54, 1.807) is 30.3 Å². The van der Waals surface area contributed by atoms with E-state index in [0.717, 1.165) is 16.1 Å². The lowest BCUT2D eigenvalue weighted by Gasteiger charge is -2.34. The first kappa shape index (κ1) is 26.4. The van der Waals surface area contributed by atoms with Gasteiger partial charge in [0.05, 0.1) is 11.9 Å². The molecule has 7 nitrogen and oxygen atoms in total. The van der Waals surface area contributed by atoms with Gasteiger partial charge in [-0.15, -0.1) is 0 Å². The van der Waals surface area contributed by atoms with Gasteiger partial charge in [0.15, 0.2) is 0 Å². The second kappa shape index (κ2) is 11.3. The quantitative estimate of drug-likeness (QED) is 0.574. The summed E-state index contributed by atoms with van der Waals surface area (Å²) >= 11 is 0. The fraction of sp³-hybridized carbons (Fsp3) is 0.440. The third-order valence-electron chi connectivity index (χ3n) is 5.09. The molecule has 0 bridgehead atoms. The molecule has 0 heterocycles. The SMILES string of the molecule is CCC(C(=O)NC(C)(C)C)N(CCc1ccccc1)C(=O)CN(c1ccccc1)S(C)(=O)=O. The monoisotopic (exact) mass is 473 g/mol. The molecule has 1 atom stereocenters. The Labute approximate surface area is 197 Å². The third kappa shape index (κ3) is 8.20. The number of hydrogen-bond acceptors (Lipinski definition) is 4. The highest BCUT2D eigenvalue weighted by Crippen LogP contribution is 2.18. The molecule has 1 N–H and O–H groups in total. The molecular formula is C25H35N3O4S. The molecule has 0 aliphatic rings. The van der Waals surface area contributed by atoms with Gasteiger partial charge in [0.2, 0.25) is 21.8 Å². The number of sulfonamides is 1. The maximum atomic E-state index is 13.5. The molecule has 33 heavy (non-hydrogen) atoms. The van der Waals surface area contributed by atoms with Crippen molar-refractivity contribution in [3.63, 3.8) is 0 Å². The summed E-state index contributed by atoms with van der Waals surface area (Å²) in [5.41, 5.74) is 0.981. The van der Waals surface area contributed by atoms with E-state index < -0.39 is 27.5 Å². The number of amides is 2. The van der Waals surface area contributed by atoms with E-state index in [-0.39, 0.29) is 12.5 Å². The van der Waals surface area contributed by atoms with Crippen molar-refractivity contribution in [2.24, 2.45) is 0 Å². The highest BCUT2D eigenvalue weighted by Gasteiger charge is 2.32. The lowest BCUT2D eigenvalue weighted by atomic mass is 10.1. The third-order valence-corrected chi connectivity index (χ3v) is 6.23. The van der Waals surface area contributed by atoms with Crippen LogP contribution in [0.15, 0.2) is 60.7 Å². The van der Waals surface area contributed by atoms with Crippen LogP contribution in [0.4, 0.5) is 5.69 Å². The van der Waals surface area contributed by atoms with Crippen LogP contribution >= 0.6 is 0 Å². The molecule has 0 radical (unpaired) electrons. The Morgan fingerprint density at radius 2 is 1.52 bits per heavy atom. The van der Waals surface area contributed by atoms with Crippen molar-refractivity contribution >= 4 is 27.5 Å². The molecule has 2 rings (SSSR count). The molecule has 0 aliphatic heterocycles. The predicted octanol–water partition coefficient (Wildman–Crippen LogP) is 3.22. The van der Waals surface area contributed by atoms with Gasteiger partial charge < -0.3 is 10.2 Å². The predicted molar refractivity (Wildman–Crippen MR) is 132 cm³/mol. The number of rotatable bonds is 10. The van der Waals surface area contributed by atoms with Crippen molar-refractivity contribution in [3.05, 3.63) is 66.2 Å². The molecule has 0 fully saturated rings. The molecule has 0 aliphatic carbocycles. The Morgan fingerprint density at radius 3 is 2.00 bits per heavy atom. The zero-order chi connectivity index (χ0) is 24.6. The van der Waals surface area contributed by atoms with Crippen molar-refractivity contribution in [1.29, 1.82) is 0 Å². The van der Waals surface area contributed by atoms with Crippen molar-refractivity contribution in [3.8, 4) is 0 Å². The molecule has 2 aromatic carbocycles. The number of nitrogens with one attached hydrogen (secondary N) is 1. The normalized spacial score (nSPS) is 12.6. The van der Waals surface area contributed by atoms with E-state index in [4.69, 9.17) is 0 Å². The number of carbonyl (C=O) groups excluding carboxylic acids is 2. The summed E-state index contributed by atoms with van der Waals surface area (Å²) < 4.78 is 26.1. The Morgan fingerprint density at radius 1 is 0.970 bits per heavy atom. The van der Waals surface area contributed by atoms with Crippen LogP contribution in [0, 0.1) is 0 Å². The molecule has 0 spiro atoms. The van der Waals surface area contributed by atoms with Gasteiger partial charge in [-0.3, -0.25) is 13.9 Å². The molecule has 0 saturated heterocycles. The van der Waals surface area contributed by atoms with Crippen LogP contribution in [-0.4, -0.2) is 56.1 Å².